The first-order valence-electron chi connectivity index (χ1n) is 24.3. The molecule has 0 heterocycles. The largest absolute Gasteiger partial charge is 0.462 e. The maximum atomic E-state index is 12.7. The lowest BCUT2D eigenvalue weighted by Crippen LogP contribution is -2.30. The first-order valence-corrected chi connectivity index (χ1v) is 24.3. The van der Waals surface area contributed by atoms with Crippen LogP contribution in [0, 0.1) is 11.8 Å². The van der Waals surface area contributed by atoms with Crippen molar-refractivity contribution in [2.75, 3.05) is 13.2 Å². The Kier molecular flexibility index (Phi) is 40.8. The monoisotopic (exact) mass is 779 g/mol. The average molecular weight is 779 g/mol. The summed E-state index contributed by atoms with van der Waals surface area (Å²) in [6.45, 7) is 11.3. The highest BCUT2D eigenvalue weighted by atomic mass is 16.6. The third-order valence-electron chi connectivity index (χ3n) is 11.3. The summed E-state index contributed by atoms with van der Waals surface area (Å²) in [5.41, 5.74) is 0. The molecule has 2 atom stereocenters. The number of unbranched alkanes of at least 4 members (excludes halogenated alkanes) is 27. The Labute approximate surface area is 342 Å². The third-order valence-corrected chi connectivity index (χ3v) is 11.3. The lowest BCUT2D eigenvalue weighted by atomic mass is 9.99. The van der Waals surface area contributed by atoms with Crippen molar-refractivity contribution in [3.63, 3.8) is 0 Å². The molecule has 0 bridgehead atoms. The average Bonchev–Trinajstić information content (AvgIpc) is 3.17. The molecule has 0 rings (SSSR count). The number of carbonyl (C=O) groups excluding carboxylic acids is 3. The lowest BCUT2D eigenvalue weighted by molar-refractivity contribution is -0.167. The van der Waals surface area contributed by atoms with Gasteiger partial charge in [0.25, 0.3) is 0 Å². The molecule has 326 valence electrons. The minimum absolute atomic E-state index is 0.0647. The van der Waals surface area contributed by atoms with Crippen LogP contribution in [0.3, 0.4) is 0 Å². The van der Waals surface area contributed by atoms with Crippen LogP contribution < -0.4 is 0 Å². The third kappa shape index (κ3) is 41.9. The van der Waals surface area contributed by atoms with Crippen LogP contribution >= 0.6 is 0 Å². The maximum absolute atomic E-state index is 12.7. The van der Waals surface area contributed by atoms with E-state index in [4.69, 9.17) is 14.2 Å². The summed E-state index contributed by atoms with van der Waals surface area (Å²) < 4.78 is 16.8. The van der Waals surface area contributed by atoms with Crippen LogP contribution in [-0.2, 0) is 28.6 Å². The summed E-state index contributed by atoms with van der Waals surface area (Å²) in [6.07, 6.45) is 40.8. The number of ether oxygens (including phenoxy) is 3. The second kappa shape index (κ2) is 42.0. The van der Waals surface area contributed by atoms with E-state index < -0.39 is 6.10 Å². The normalized spacial score (nSPS) is 12.5. The van der Waals surface area contributed by atoms with Crippen LogP contribution in [0.15, 0.2) is 0 Å². The molecule has 6 nitrogen and oxygen atoms in total. The van der Waals surface area contributed by atoms with Gasteiger partial charge in [-0.3, -0.25) is 14.4 Å². The van der Waals surface area contributed by atoms with Crippen LogP contribution in [0.4, 0.5) is 0 Å². The summed E-state index contributed by atoms with van der Waals surface area (Å²) in [6, 6.07) is 0. The first-order chi connectivity index (χ1) is 26.8. The summed E-state index contributed by atoms with van der Waals surface area (Å²) in [5.74, 6) is 0.811. The van der Waals surface area contributed by atoms with E-state index in [0.29, 0.717) is 19.3 Å². The quantitative estimate of drug-likeness (QED) is 0.0348. The van der Waals surface area contributed by atoms with E-state index in [1.165, 1.54) is 154 Å². The topological polar surface area (TPSA) is 78.9 Å². The van der Waals surface area contributed by atoms with Gasteiger partial charge in [-0.1, -0.05) is 227 Å². The predicted octanol–water partition coefficient (Wildman–Crippen LogP) is 15.4. The second-order valence-corrected chi connectivity index (χ2v) is 17.5. The number of carbonyl (C=O) groups is 3. The van der Waals surface area contributed by atoms with Gasteiger partial charge >= 0.3 is 17.9 Å². The highest BCUT2D eigenvalue weighted by Crippen LogP contribution is 2.17. The van der Waals surface area contributed by atoms with E-state index in [1.54, 1.807) is 0 Å². The molecule has 0 spiro atoms. The highest BCUT2D eigenvalue weighted by Gasteiger charge is 2.19. The Morgan fingerprint density at radius 1 is 0.382 bits per heavy atom. The van der Waals surface area contributed by atoms with Gasteiger partial charge in [-0.25, -0.2) is 0 Å². The number of hydrogen-bond donors (Lipinski definition) is 0. The molecule has 0 aliphatic heterocycles. The summed E-state index contributed by atoms with van der Waals surface area (Å²) >= 11 is 0. The number of hydrogen-bond acceptors (Lipinski definition) is 6. The van der Waals surface area contributed by atoms with Crippen molar-refractivity contribution >= 4 is 17.9 Å². The molecule has 0 saturated heterocycles. The predicted molar refractivity (Wildman–Crippen MR) is 233 cm³/mol. The van der Waals surface area contributed by atoms with E-state index in [0.717, 1.165) is 69.6 Å². The minimum atomic E-state index is -0.761. The number of esters is 3. The lowest BCUT2D eigenvalue weighted by Gasteiger charge is -2.18. The van der Waals surface area contributed by atoms with Crippen LogP contribution in [0.25, 0.3) is 0 Å². The van der Waals surface area contributed by atoms with Crippen molar-refractivity contribution in [3.05, 3.63) is 0 Å². The fourth-order valence-corrected chi connectivity index (χ4v) is 7.25. The Morgan fingerprint density at radius 2 is 0.691 bits per heavy atom. The van der Waals surface area contributed by atoms with Crippen molar-refractivity contribution < 1.29 is 28.6 Å². The summed E-state index contributed by atoms with van der Waals surface area (Å²) in [4.78, 5) is 37.8. The summed E-state index contributed by atoms with van der Waals surface area (Å²) in [5, 5.41) is 0. The molecule has 0 amide bonds. The van der Waals surface area contributed by atoms with Gasteiger partial charge in [0.1, 0.15) is 13.2 Å². The molecule has 0 aliphatic carbocycles. The SMILES string of the molecule is CCCCCCCCCCCCCCC(=O)O[C@@H](COC(=O)CCCCCCCCCCCCC(C)CC)COC(=O)CCCCCCCCCCC(C)C. The van der Waals surface area contributed by atoms with E-state index >= 15 is 0 Å². The molecule has 0 fully saturated rings. The zero-order chi connectivity index (χ0) is 40.5. The molecule has 0 saturated carbocycles. The van der Waals surface area contributed by atoms with Crippen LogP contribution in [-0.4, -0.2) is 37.2 Å². The van der Waals surface area contributed by atoms with Gasteiger partial charge in [0, 0.05) is 19.3 Å². The van der Waals surface area contributed by atoms with Gasteiger partial charge in [0.05, 0.1) is 0 Å². The van der Waals surface area contributed by atoms with Crippen molar-refractivity contribution in [3.8, 4) is 0 Å². The van der Waals surface area contributed by atoms with Crippen molar-refractivity contribution in [2.45, 2.75) is 272 Å². The van der Waals surface area contributed by atoms with E-state index in [-0.39, 0.29) is 31.1 Å². The maximum Gasteiger partial charge on any atom is 0.306 e. The zero-order valence-corrected chi connectivity index (χ0v) is 37.6. The smallest absolute Gasteiger partial charge is 0.306 e. The molecule has 55 heavy (non-hydrogen) atoms. The molecule has 0 aromatic rings. The van der Waals surface area contributed by atoms with Crippen molar-refractivity contribution in [2.24, 2.45) is 11.8 Å². The van der Waals surface area contributed by atoms with Gasteiger partial charge in [-0.05, 0) is 31.1 Å². The minimum Gasteiger partial charge on any atom is -0.462 e. The second-order valence-electron chi connectivity index (χ2n) is 17.5. The fourth-order valence-electron chi connectivity index (χ4n) is 7.25. The van der Waals surface area contributed by atoms with Crippen LogP contribution in [0.1, 0.15) is 266 Å². The molecule has 0 aromatic carbocycles. The van der Waals surface area contributed by atoms with Gasteiger partial charge in [-0.2, -0.15) is 0 Å². The van der Waals surface area contributed by atoms with E-state index in [2.05, 4.69) is 34.6 Å². The van der Waals surface area contributed by atoms with Gasteiger partial charge < -0.3 is 14.2 Å². The highest BCUT2D eigenvalue weighted by molar-refractivity contribution is 5.71. The van der Waals surface area contributed by atoms with Crippen LogP contribution in [0.2, 0.25) is 0 Å². The number of rotatable bonds is 43. The molecular formula is C49H94O6. The van der Waals surface area contributed by atoms with Crippen molar-refractivity contribution in [1.82, 2.24) is 0 Å². The molecule has 1 unspecified atom stereocenters. The zero-order valence-electron chi connectivity index (χ0n) is 37.6. The molecule has 6 heteroatoms. The van der Waals surface area contributed by atoms with Gasteiger partial charge in [0.2, 0.25) is 0 Å². The Bertz CT molecular complexity index is 841. The molecule has 0 aromatic heterocycles. The Balaban J connectivity index is 4.33. The van der Waals surface area contributed by atoms with Gasteiger partial charge in [-0.15, -0.1) is 0 Å². The van der Waals surface area contributed by atoms with Crippen LogP contribution in [0.5, 0.6) is 0 Å². The molecular weight excluding hydrogens is 685 g/mol. The molecule has 0 radical (unpaired) electrons. The van der Waals surface area contributed by atoms with E-state index in [1.807, 2.05) is 0 Å². The van der Waals surface area contributed by atoms with Crippen molar-refractivity contribution in [1.29, 1.82) is 0 Å². The molecule has 0 aliphatic rings. The fraction of sp³-hybridized carbons (Fsp3) is 0.939. The Morgan fingerprint density at radius 3 is 1.04 bits per heavy atom. The Hall–Kier alpha value is -1.59. The summed E-state index contributed by atoms with van der Waals surface area (Å²) in [7, 11) is 0. The van der Waals surface area contributed by atoms with Gasteiger partial charge in [0.15, 0.2) is 6.10 Å². The standard InChI is InChI=1S/C49H94O6/c1-6-8-9-10-11-12-13-14-19-26-31-36-41-49(52)55-46(43-54-48(51)40-35-30-25-21-20-22-27-32-37-44(3)4)42-53-47(50)39-34-29-24-18-16-15-17-23-28-33-38-45(5)7-2/h44-46H,6-43H2,1-5H3/t45?,46-/m0/s1. The first kappa shape index (κ1) is 53.4. The van der Waals surface area contributed by atoms with E-state index in [9.17, 15) is 14.4 Å². The molecule has 0 N–H and O–H groups in total.